The Hall–Kier alpha value is -6.67. The summed E-state index contributed by atoms with van der Waals surface area (Å²) >= 11 is 1.54. The molecule has 5 unspecified atom stereocenters. The Morgan fingerprint density at radius 3 is 2.40 bits per heavy atom. The molecule has 5 atom stereocenters. The van der Waals surface area contributed by atoms with Gasteiger partial charge in [-0.15, -0.1) is 11.3 Å². The molecule has 1 saturated carbocycles. The molecule has 2 aliphatic carbocycles. The van der Waals surface area contributed by atoms with E-state index in [4.69, 9.17) is 23.9 Å². The molecule has 5 aromatic rings. The topological polar surface area (TPSA) is 219 Å². The first-order valence-electron chi connectivity index (χ1n) is 27.4. The second kappa shape index (κ2) is 28.6. The van der Waals surface area contributed by atoms with E-state index in [1.807, 2.05) is 53.9 Å². The normalized spacial score (nSPS) is 18.2. The lowest BCUT2D eigenvalue weighted by molar-refractivity contribution is -0.143. The first kappa shape index (κ1) is 56.5. The molecule has 6 N–H and O–H groups in total. The standard InChI is InChI=1S/C58H76N10O8S/c1-38(2)34-62-51-24-25-61-58(66-51)63-35-44-37-77-56(64-44)43-22-20-42(21-23-43)54(70)60-26-27-73-28-29-74-30-31-75-45-16-11-17-46(32-45)76-47-33-50(55(71)65-49-19-10-15-40-12-8-9-18-48(40)49)68(36-47)57(72)52(41-13-6-5-7-14-41)67-53(69)39(3)59-4/h8-9,11-12,16-18,20-25,32,37-39,41,47,49-50,52,59H,5-7,10,13-15,19,26-31,33-36H2,1-4H3,(H,60,70)(H,65,71)(H,67,69)(H2,61,62,63,66). The zero-order chi connectivity index (χ0) is 53.9. The average Bonchev–Trinajstić information content (AvgIpc) is 4.12. The molecule has 0 bridgehead atoms. The zero-order valence-corrected chi connectivity index (χ0v) is 45.7. The summed E-state index contributed by atoms with van der Waals surface area (Å²) in [6.07, 6.45) is 9.04. The minimum absolute atomic E-state index is 0.0241. The molecule has 3 heterocycles. The quantitative estimate of drug-likeness (QED) is 0.0284. The van der Waals surface area contributed by atoms with Crippen molar-refractivity contribution < 1.29 is 38.1 Å². The number of nitrogens with one attached hydrogen (secondary N) is 6. The van der Waals surface area contributed by atoms with Crippen LogP contribution in [0.3, 0.4) is 0 Å². The van der Waals surface area contributed by atoms with Crippen LogP contribution in [0.25, 0.3) is 10.6 Å². The van der Waals surface area contributed by atoms with Gasteiger partial charge in [0.2, 0.25) is 23.7 Å². The Morgan fingerprint density at radius 1 is 0.818 bits per heavy atom. The number of likely N-dealkylation sites (tertiary alicyclic amines) is 1. The maximum atomic E-state index is 14.8. The molecule has 3 aromatic carbocycles. The summed E-state index contributed by atoms with van der Waals surface area (Å²) in [7, 11) is 1.72. The summed E-state index contributed by atoms with van der Waals surface area (Å²) < 4.78 is 24.0. The van der Waals surface area contributed by atoms with Gasteiger partial charge in [0.15, 0.2) is 0 Å². The SMILES string of the molecule is CNC(C)C(=O)NC(C(=O)N1CC(Oc2cccc(OCCOCCOCCNC(=O)c3ccc(-c4nc(CNc5nccc(NCC(C)C)n5)cs4)cc3)c2)CC1C(=O)NC1CCCc2ccccc21)C1CCCCC1. The largest absolute Gasteiger partial charge is 0.491 e. The molecular formula is C58H76N10O8S. The first-order chi connectivity index (χ1) is 37.5. The van der Waals surface area contributed by atoms with Gasteiger partial charge < -0.3 is 55.7 Å². The number of aromatic nitrogens is 3. The molecular weight excluding hydrogens is 997 g/mol. The van der Waals surface area contributed by atoms with Crippen molar-refractivity contribution in [3.05, 3.63) is 113 Å². The highest BCUT2D eigenvalue weighted by Gasteiger charge is 2.45. The van der Waals surface area contributed by atoms with Gasteiger partial charge in [-0.3, -0.25) is 19.2 Å². The number of amides is 4. The second-order valence-electron chi connectivity index (χ2n) is 20.4. The molecule has 2 fully saturated rings. The maximum absolute atomic E-state index is 14.8. The molecule has 8 rings (SSSR count). The fraction of sp³-hybridized carbons (Fsp3) is 0.500. The third kappa shape index (κ3) is 16.4. The van der Waals surface area contributed by atoms with E-state index >= 15 is 0 Å². The van der Waals surface area contributed by atoms with Crippen LogP contribution in [-0.4, -0.2) is 127 Å². The summed E-state index contributed by atoms with van der Waals surface area (Å²) in [4.78, 5) is 70.6. The van der Waals surface area contributed by atoms with Crippen LogP contribution in [-0.2, 0) is 36.8 Å². The molecule has 2 aromatic heterocycles. The smallest absolute Gasteiger partial charge is 0.251 e. The second-order valence-corrected chi connectivity index (χ2v) is 21.3. The molecule has 1 aliphatic heterocycles. The lowest BCUT2D eigenvalue weighted by Crippen LogP contribution is -2.58. The van der Waals surface area contributed by atoms with E-state index in [1.165, 1.54) is 16.9 Å². The van der Waals surface area contributed by atoms with Crippen molar-refractivity contribution in [3.8, 4) is 22.1 Å². The molecule has 77 heavy (non-hydrogen) atoms. The number of nitrogens with zero attached hydrogens (tertiary/aromatic N) is 4. The van der Waals surface area contributed by atoms with Crippen LogP contribution in [0.5, 0.6) is 11.5 Å². The summed E-state index contributed by atoms with van der Waals surface area (Å²) in [6, 6.07) is 22.6. The Balaban J connectivity index is 0.749. The van der Waals surface area contributed by atoms with Crippen LogP contribution < -0.4 is 41.4 Å². The van der Waals surface area contributed by atoms with E-state index < -0.39 is 24.2 Å². The van der Waals surface area contributed by atoms with Crippen molar-refractivity contribution in [2.24, 2.45) is 11.8 Å². The average molecular weight is 1070 g/mol. The number of anilines is 2. The van der Waals surface area contributed by atoms with E-state index in [-0.39, 0.29) is 42.1 Å². The van der Waals surface area contributed by atoms with Crippen LogP contribution in [0.2, 0.25) is 0 Å². The number of hydrogen-bond acceptors (Lipinski definition) is 15. The van der Waals surface area contributed by atoms with Crippen molar-refractivity contribution in [2.45, 2.75) is 115 Å². The van der Waals surface area contributed by atoms with E-state index in [0.717, 1.165) is 85.6 Å². The van der Waals surface area contributed by atoms with E-state index in [1.54, 1.807) is 43.3 Å². The number of rotatable bonds is 27. The van der Waals surface area contributed by atoms with Crippen LogP contribution >= 0.6 is 11.3 Å². The third-order valence-corrected chi connectivity index (χ3v) is 15.2. The molecule has 0 spiro atoms. The number of ether oxygens (including phenoxy) is 4. The number of likely N-dealkylation sites (N-methyl/N-ethyl adjacent to an activating group) is 1. The number of hydrogen-bond donors (Lipinski definition) is 6. The molecule has 1 saturated heterocycles. The molecule has 18 nitrogen and oxygen atoms in total. The lowest BCUT2D eigenvalue weighted by Gasteiger charge is -2.35. The maximum Gasteiger partial charge on any atom is 0.251 e. The monoisotopic (exact) mass is 1070 g/mol. The highest BCUT2D eigenvalue weighted by atomic mass is 32.1. The van der Waals surface area contributed by atoms with Gasteiger partial charge in [-0.1, -0.05) is 75.6 Å². The molecule has 19 heteroatoms. The lowest BCUT2D eigenvalue weighted by atomic mass is 9.83. The van der Waals surface area contributed by atoms with Gasteiger partial charge in [0.1, 0.15) is 47.1 Å². The van der Waals surface area contributed by atoms with Crippen molar-refractivity contribution in [2.75, 3.05) is 70.3 Å². The minimum atomic E-state index is -0.780. The van der Waals surface area contributed by atoms with Gasteiger partial charge in [0.25, 0.3) is 5.91 Å². The fourth-order valence-corrected chi connectivity index (χ4v) is 10.8. The van der Waals surface area contributed by atoms with Gasteiger partial charge in [-0.05, 0) is 99.4 Å². The highest BCUT2D eigenvalue weighted by molar-refractivity contribution is 7.13. The van der Waals surface area contributed by atoms with E-state index in [0.29, 0.717) is 81.5 Å². The van der Waals surface area contributed by atoms with E-state index in [9.17, 15) is 19.2 Å². The molecule has 4 amide bonds. The Bertz CT molecular complexity index is 2700. The fourth-order valence-electron chi connectivity index (χ4n) is 10.00. The van der Waals surface area contributed by atoms with Crippen molar-refractivity contribution in [1.82, 2.24) is 41.1 Å². The Kier molecular flexibility index (Phi) is 21.0. The number of carbonyl (C=O) groups excluding carboxylic acids is 4. The number of fused-ring (bicyclic) bond motifs is 1. The van der Waals surface area contributed by atoms with Gasteiger partial charge in [0, 0.05) is 48.3 Å². The summed E-state index contributed by atoms with van der Waals surface area (Å²) in [5, 5.41) is 21.7. The predicted octanol–water partition coefficient (Wildman–Crippen LogP) is 7.34. The van der Waals surface area contributed by atoms with E-state index in [2.05, 4.69) is 67.8 Å². The van der Waals surface area contributed by atoms with Crippen molar-refractivity contribution in [1.29, 1.82) is 0 Å². The van der Waals surface area contributed by atoms with Gasteiger partial charge in [0.05, 0.1) is 57.3 Å². The van der Waals surface area contributed by atoms with Crippen molar-refractivity contribution >= 4 is 46.7 Å². The highest BCUT2D eigenvalue weighted by Crippen LogP contribution is 2.34. The summed E-state index contributed by atoms with van der Waals surface area (Å²) in [5.41, 5.74) is 4.69. The third-order valence-electron chi connectivity index (χ3n) is 14.3. The summed E-state index contributed by atoms with van der Waals surface area (Å²) in [6.45, 7) is 9.58. The Morgan fingerprint density at radius 2 is 1.60 bits per heavy atom. The molecule has 0 radical (unpaired) electrons. The van der Waals surface area contributed by atoms with Crippen molar-refractivity contribution in [3.63, 3.8) is 0 Å². The molecule has 3 aliphatic rings. The first-order valence-corrected chi connectivity index (χ1v) is 28.2. The zero-order valence-electron chi connectivity index (χ0n) is 44.9. The predicted molar refractivity (Wildman–Crippen MR) is 298 cm³/mol. The minimum Gasteiger partial charge on any atom is -0.491 e. The molecule has 412 valence electrons. The van der Waals surface area contributed by atoms with Crippen LogP contribution in [0.4, 0.5) is 11.8 Å². The number of aryl methyl sites for hydroxylation is 1. The number of benzene rings is 3. The van der Waals surface area contributed by atoms with Crippen LogP contribution in [0.15, 0.2) is 90.4 Å². The van der Waals surface area contributed by atoms with Crippen LogP contribution in [0.1, 0.15) is 105 Å². The van der Waals surface area contributed by atoms with Gasteiger partial charge in [-0.25, -0.2) is 9.97 Å². The number of thiazole rings is 1. The number of carbonyl (C=O) groups is 4. The summed E-state index contributed by atoms with van der Waals surface area (Å²) in [5.74, 6) is 2.05. The Labute approximate surface area is 456 Å². The van der Waals surface area contributed by atoms with Crippen LogP contribution in [0, 0.1) is 11.8 Å². The van der Waals surface area contributed by atoms with Gasteiger partial charge in [-0.2, -0.15) is 4.98 Å². The van der Waals surface area contributed by atoms with Gasteiger partial charge >= 0.3 is 0 Å².